The van der Waals surface area contributed by atoms with Crippen LogP contribution in [0.2, 0.25) is 0 Å². The van der Waals surface area contributed by atoms with Crippen molar-refractivity contribution in [2.75, 3.05) is 12.4 Å². The van der Waals surface area contributed by atoms with E-state index >= 15 is 0 Å². The fraction of sp³-hybridized carbons (Fsp3) is 0.176. The van der Waals surface area contributed by atoms with Gasteiger partial charge in [0.05, 0.1) is 17.9 Å². The molecule has 0 radical (unpaired) electrons. The summed E-state index contributed by atoms with van der Waals surface area (Å²) in [6.07, 6.45) is 0. The molecule has 8 nitrogen and oxygen atoms in total. The number of methoxy groups -OCH3 is 1. The average molecular weight is 404 g/mol. The van der Waals surface area contributed by atoms with E-state index < -0.39 is 11.2 Å². The Morgan fingerprint density at radius 2 is 2.00 bits per heavy atom. The summed E-state index contributed by atoms with van der Waals surface area (Å²) in [5.74, 6) is 0.186. The molecule has 0 saturated heterocycles. The second kappa shape index (κ2) is 8.23. The molecule has 0 unspecified atom stereocenters. The highest BCUT2D eigenvalue weighted by Crippen LogP contribution is 2.29. The van der Waals surface area contributed by atoms with Gasteiger partial charge in [0, 0.05) is 5.56 Å². The number of ether oxygens (including phenoxy) is 1. The lowest BCUT2D eigenvalue weighted by Gasteiger charge is -2.09. The maximum atomic E-state index is 12.4. The topological polar surface area (TPSA) is 120 Å². The van der Waals surface area contributed by atoms with E-state index in [1.807, 2.05) is 0 Å². The summed E-state index contributed by atoms with van der Waals surface area (Å²) in [7, 11) is 1.59. The largest absolute Gasteiger partial charge is 0.497 e. The van der Waals surface area contributed by atoms with Crippen molar-refractivity contribution in [3.63, 3.8) is 0 Å². The first-order chi connectivity index (χ1) is 13.0. The molecule has 2 aromatic heterocycles. The van der Waals surface area contributed by atoms with Crippen LogP contribution in [0, 0.1) is 0 Å². The summed E-state index contributed by atoms with van der Waals surface area (Å²) in [6, 6.07) is 8.76. The predicted octanol–water partition coefficient (Wildman–Crippen LogP) is 3.02. The molecule has 0 spiro atoms. The maximum absolute atomic E-state index is 12.4. The average Bonchev–Trinajstić information content (AvgIpc) is 3.31. The van der Waals surface area contributed by atoms with Crippen LogP contribution in [0.4, 0.5) is 5.00 Å². The van der Waals surface area contributed by atoms with E-state index in [4.69, 9.17) is 14.9 Å². The second-order valence-electron chi connectivity index (χ2n) is 5.38. The van der Waals surface area contributed by atoms with E-state index in [-0.39, 0.29) is 16.7 Å². The molecule has 3 N–H and O–H groups in total. The Labute approximate surface area is 163 Å². The molecule has 1 aromatic carbocycles. The van der Waals surface area contributed by atoms with Gasteiger partial charge < -0.3 is 20.2 Å². The zero-order chi connectivity index (χ0) is 19.4. The van der Waals surface area contributed by atoms with Gasteiger partial charge in [0.15, 0.2) is 0 Å². The molecule has 140 valence electrons. The number of carbonyl (C=O) groups excluding carboxylic acids is 2. The molecule has 27 heavy (non-hydrogen) atoms. The monoisotopic (exact) mass is 404 g/mol. The van der Waals surface area contributed by atoms with Crippen LogP contribution in [0.5, 0.6) is 5.75 Å². The first-order valence-corrected chi connectivity index (χ1v) is 9.56. The van der Waals surface area contributed by atoms with E-state index in [0.717, 1.165) is 23.1 Å². The Bertz CT molecular complexity index is 952. The number of aromatic nitrogens is 2. The van der Waals surface area contributed by atoms with Crippen LogP contribution >= 0.6 is 23.1 Å². The summed E-state index contributed by atoms with van der Waals surface area (Å²) in [5, 5.41) is 12.5. The lowest BCUT2D eigenvalue weighted by molar-refractivity contribution is -0.115. The summed E-state index contributed by atoms with van der Waals surface area (Å²) >= 11 is 2.35. The quantitative estimate of drug-likeness (QED) is 0.581. The molecular formula is C17H16N4O4S2. The van der Waals surface area contributed by atoms with E-state index in [1.165, 1.54) is 11.3 Å². The van der Waals surface area contributed by atoms with Crippen LogP contribution in [0.1, 0.15) is 17.3 Å². The number of primary amides is 1. The standard InChI is InChI=1S/C17H16N4O4S2/c1-9(14(23)19-16-12(13(18)22)7-8-26-16)27-17-21-20-15(25-17)10-3-5-11(24-2)6-4-10/h3-9H,1-2H3,(H2,18,22)(H,19,23)/t9-/m1/s1. The number of thioether (sulfide) groups is 1. The lowest BCUT2D eigenvalue weighted by atomic mass is 10.2. The molecule has 0 aliphatic rings. The predicted molar refractivity (Wildman–Crippen MR) is 103 cm³/mol. The van der Waals surface area contributed by atoms with Crippen LogP contribution in [0.25, 0.3) is 11.5 Å². The van der Waals surface area contributed by atoms with Gasteiger partial charge in [-0.1, -0.05) is 11.8 Å². The third kappa shape index (κ3) is 4.47. The third-order valence-electron chi connectivity index (χ3n) is 3.56. The van der Waals surface area contributed by atoms with Gasteiger partial charge in [0.2, 0.25) is 11.8 Å². The second-order valence-corrected chi connectivity index (χ2v) is 7.59. The zero-order valence-electron chi connectivity index (χ0n) is 14.5. The van der Waals surface area contributed by atoms with Crippen molar-refractivity contribution in [2.24, 2.45) is 5.73 Å². The molecule has 0 aliphatic carbocycles. The molecule has 1 atom stereocenters. The molecule has 0 fully saturated rings. The van der Waals surface area contributed by atoms with E-state index in [0.29, 0.717) is 10.9 Å². The van der Waals surface area contributed by atoms with Crippen LogP contribution in [-0.4, -0.2) is 34.4 Å². The van der Waals surface area contributed by atoms with Gasteiger partial charge in [0.1, 0.15) is 10.8 Å². The van der Waals surface area contributed by atoms with E-state index in [1.54, 1.807) is 49.7 Å². The van der Waals surface area contributed by atoms with Crippen LogP contribution in [0.15, 0.2) is 45.4 Å². The van der Waals surface area contributed by atoms with Gasteiger partial charge >= 0.3 is 0 Å². The highest BCUT2D eigenvalue weighted by Gasteiger charge is 2.21. The van der Waals surface area contributed by atoms with Crippen LogP contribution < -0.4 is 15.8 Å². The number of amides is 2. The Morgan fingerprint density at radius 3 is 2.67 bits per heavy atom. The Hall–Kier alpha value is -2.85. The van der Waals surface area contributed by atoms with Gasteiger partial charge in [-0.25, -0.2) is 0 Å². The first kappa shape index (κ1) is 18.9. The number of nitrogens with two attached hydrogens (primary N) is 1. The summed E-state index contributed by atoms with van der Waals surface area (Å²) in [4.78, 5) is 23.7. The van der Waals surface area contributed by atoms with Crippen molar-refractivity contribution in [3.05, 3.63) is 41.3 Å². The minimum atomic E-state index is -0.590. The number of rotatable bonds is 7. The number of hydrogen-bond acceptors (Lipinski definition) is 8. The Balaban J connectivity index is 1.64. The Morgan fingerprint density at radius 1 is 1.26 bits per heavy atom. The SMILES string of the molecule is COc1ccc(-c2nnc(S[C@H](C)C(=O)Nc3sccc3C(N)=O)o2)cc1. The summed E-state index contributed by atoms with van der Waals surface area (Å²) in [6.45, 7) is 1.70. The van der Waals surface area contributed by atoms with Crippen LogP contribution in [0.3, 0.4) is 0 Å². The van der Waals surface area contributed by atoms with Crippen molar-refractivity contribution in [3.8, 4) is 17.2 Å². The van der Waals surface area contributed by atoms with Crippen molar-refractivity contribution in [2.45, 2.75) is 17.4 Å². The molecule has 10 heteroatoms. The van der Waals surface area contributed by atoms with Gasteiger partial charge in [-0.05, 0) is 42.6 Å². The Kier molecular flexibility index (Phi) is 5.77. The highest BCUT2D eigenvalue weighted by atomic mass is 32.2. The molecular weight excluding hydrogens is 388 g/mol. The third-order valence-corrected chi connectivity index (χ3v) is 5.32. The van der Waals surface area contributed by atoms with Crippen molar-refractivity contribution >= 4 is 39.9 Å². The molecule has 0 bridgehead atoms. The molecule has 3 aromatic rings. The number of hydrogen-bond donors (Lipinski definition) is 2. The van der Waals surface area contributed by atoms with Gasteiger partial charge in [-0.2, -0.15) is 0 Å². The number of nitrogens with zero attached hydrogens (tertiary/aromatic N) is 2. The number of benzene rings is 1. The van der Waals surface area contributed by atoms with Gasteiger partial charge in [-0.3, -0.25) is 9.59 Å². The zero-order valence-corrected chi connectivity index (χ0v) is 16.1. The number of carbonyl (C=O) groups is 2. The van der Waals surface area contributed by atoms with Gasteiger partial charge in [0.25, 0.3) is 11.1 Å². The normalized spacial score (nSPS) is 11.8. The van der Waals surface area contributed by atoms with Crippen molar-refractivity contribution < 1.29 is 18.7 Å². The van der Waals surface area contributed by atoms with Gasteiger partial charge in [-0.15, -0.1) is 21.5 Å². The van der Waals surface area contributed by atoms with E-state index in [2.05, 4.69) is 15.5 Å². The molecule has 0 aliphatic heterocycles. The van der Waals surface area contributed by atoms with Crippen LogP contribution in [-0.2, 0) is 4.79 Å². The fourth-order valence-corrected chi connectivity index (χ4v) is 3.60. The van der Waals surface area contributed by atoms with Crippen molar-refractivity contribution in [1.29, 1.82) is 0 Å². The fourth-order valence-electron chi connectivity index (χ4n) is 2.13. The number of thiophene rings is 1. The lowest BCUT2D eigenvalue weighted by Crippen LogP contribution is -2.23. The molecule has 3 rings (SSSR count). The summed E-state index contributed by atoms with van der Waals surface area (Å²) in [5.41, 5.74) is 6.31. The number of anilines is 1. The first-order valence-electron chi connectivity index (χ1n) is 7.80. The van der Waals surface area contributed by atoms with E-state index in [9.17, 15) is 9.59 Å². The molecule has 2 heterocycles. The maximum Gasteiger partial charge on any atom is 0.277 e. The minimum absolute atomic E-state index is 0.268. The summed E-state index contributed by atoms with van der Waals surface area (Å²) < 4.78 is 10.7. The molecule has 2 amide bonds. The molecule has 0 saturated carbocycles. The smallest absolute Gasteiger partial charge is 0.277 e. The number of nitrogens with one attached hydrogen (secondary N) is 1. The van der Waals surface area contributed by atoms with Crippen molar-refractivity contribution in [1.82, 2.24) is 10.2 Å². The highest BCUT2D eigenvalue weighted by molar-refractivity contribution is 8.00. The minimum Gasteiger partial charge on any atom is -0.497 e.